The number of halogens is 1. The number of H-pyrrole nitrogens is 1. The molecule has 1 aromatic rings. The van der Waals surface area contributed by atoms with Gasteiger partial charge >= 0.3 is 0 Å². The first-order chi connectivity index (χ1) is 6.50. The molecule has 5 heteroatoms. The molecule has 14 heavy (non-hydrogen) atoms. The Morgan fingerprint density at radius 2 is 2.29 bits per heavy atom. The third-order valence-corrected chi connectivity index (χ3v) is 2.41. The molecule has 0 bridgehead atoms. The fourth-order valence-electron chi connectivity index (χ4n) is 1.05. The van der Waals surface area contributed by atoms with Gasteiger partial charge in [0, 0.05) is 30.8 Å². The van der Waals surface area contributed by atoms with E-state index in [0.29, 0.717) is 10.2 Å². The lowest BCUT2D eigenvalue weighted by Gasteiger charge is -2.05. The van der Waals surface area contributed by atoms with Crippen molar-refractivity contribution in [1.29, 1.82) is 0 Å². The Bertz CT molecular complexity index is 412. The number of hydrogen-bond donors (Lipinski definition) is 2. The van der Waals surface area contributed by atoms with E-state index in [4.69, 9.17) is 0 Å². The standard InChI is InChI=1S/C9H11BrN2O2/c1-5-3-8(14)7(9(10)12-5)4-11-6(2)13/h3H,4H2,1-2H3,(H,11,13)(H,12,14). The molecule has 1 heterocycles. The molecule has 0 aliphatic carbocycles. The van der Waals surface area contributed by atoms with Crippen LogP contribution in [-0.2, 0) is 11.3 Å². The number of aryl methyl sites for hydroxylation is 1. The predicted octanol–water partition coefficient (Wildman–Crippen LogP) is 1.08. The van der Waals surface area contributed by atoms with Crippen LogP contribution in [0, 0.1) is 6.92 Å². The number of amides is 1. The van der Waals surface area contributed by atoms with Crippen molar-refractivity contribution in [2.75, 3.05) is 0 Å². The van der Waals surface area contributed by atoms with Crippen molar-refractivity contribution >= 4 is 21.8 Å². The first-order valence-electron chi connectivity index (χ1n) is 4.13. The van der Waals surface area contributed by atoms with Crippen LogP contribution in [0.2, 0.25) is 0 Å². The van der Waals surface area contributed by atoms with Gasteiger partial charge in [0.05, 0.1) is 4.60 Å². The summed E-state index contributed by atoms with van der Waals surface area (Å²) in [6, 6.07) is 1.50. The maximum atomic E-state index is 11.5. The summed E-state index contributed by atoms with van der Waals surface area (Å²) in [6.45, 7) is 3.45. The lowest BCUT2D eigenvalue weighted by atomic mass is 10.2. The highest BCUT2D eigenvalue weighted by molar-refractivity contribution is 9.10. The number of aromatic amines is 1. The van der Waals surface area contributed by atoms with Crippen molar-refractivity contribution in [3.8, 4) is 0 Å². The van der Waals surface area contributed by atoms with Gasteiger partial charge in [-0.3, -0.25) is 9.59 Å². The van der Waals surface area contributed by atoms with E-state index in [1.165, 1.54) is 13.0 Å². The summed E-state index contributed by atoms with van der Waals surface area (Å²) in [5, 5.41) is 2.57. The van der Waals surface area contributed by atoms with Gasteiger partial charge in [-0.25, -0.2) is 0 Å². The quantitative estimate of drug-likeness (QED) is 0.781. The van der Waals surface area contributed by atoms with Crippen LogP contribution in [0.4, 0.5) is 0 Å². The fourth-order valence-corrected chi connectivity index (χ4v) is 1.70. The SMILES string of the molecule is CC(=O)NCc1c(Br)[nH]c(C)cc1=O. The summed E-state index contributed by atoms with van der Waals surface area (Å²) < 4.78 is 0.622. The molecule has 0 saturated heterocycles. The molecule has 0 spiro atoms. The van der Waals surface area contributed by atoms with E-state index in [-0.39, 0.29) is 17.9 Å². The molecule has 0 aromatic carbocycles. The number of hydrogen-bond acceptors (Lipinski definition) is 2. The lowest BCUT2D eigenvalue weighted by molar-refractivity contribution is -0.119. The van der Waals surface area contributed by atoms with Gasteiger partial charge in [-0.1, -0.05) is 0 Å². The molecule has 0 saturated carbocycles. The number of nitrogens with one attached hydrogen (secondary N) is 2. The minimum absolute atomic E-state index is 0.0816. The maximum Gasteiger partial charge on any atom is 0.217 e. The van der Waals surface area contributed by atoms with Gasteiger partial charge in [0.25, 0.3) is 0 Å². The highest BCUT2D eigenvalue weighted by Crippen LogP contribution is 2.09. The van der Waals surface area contributed by atoms with Crippen LogP contribution in [0.3, 0.4) is 0 Å². The van der Waals surface area contributed by atoms with Crippen molar-refractivity contribution in [3.63, 3.8) is 0 Å². The lowest BCUT2D eigenvalue weighted by Crippen LogP contribution is -2.24. The molecule has 0 atom stereocenters. The molecule has 0 fully saturated rings. The molecule has 0 radical (unpaired) electrons. The van der Waals surface area contributed by atoms with Crippen LogP contribution < -0.4 is 10.7 Å². The van der Waals surface area contributed by atoms with Crippen LogP contribution >= 0.6 is 15.9 Å². The van der Waals surface area contributed by atoms with Gasteiger partial charge in [0.15, 0.2) is 5.43 Å². The number of carbonyl (C=O) groups is 1. The highest BCUT2D eigenvalue weighted by atomic mass is 79.9. The van der Waals surface area contributed by atoms with Crippen molar-refractivity contribution in [3.05, 3.63) is 32.2 Å². The van der Waals surface area contributed by atoms with E-state index in [1.807, 2.05) is 0 Å². The number of carbonyl (C=O) groups excluding carboxylic acids is 1. The third-order valence-electron chi connectivity index (χ3n) is 1.73. The first-order valence-corrected chi connectivity index (χ1v) is 4.92. The van der Waals surface area contributed by atoms with Crippen LogP contribution in [0.5, 0.6) is 0 Å². The number of pyridine rings is 1. The Balaban J connectivity index is 2.97. The average molecular weight is 259 g/mol. The van der Waals surface area contributed by atoms with E-state index < -0.39 is 0 Å². The maximum absolute atomic E-state index is 11.5. The zero-order valence-electron chi connectivity index (χ0n) is 7.98. The Kier molecular flexibility index (Phi) is 3.46. The van der Waals surface area contributed by atoms with Crippen LogP contribution in [-0.4, -0.2) is 10.9 Å². The second-order valence-electron chi connectivity index (χ2n) is 3.02. The highest BCUT2D eigenvalue weighted by Gasteiger charge is 2.06. The summed E-state index contributed by atoms with van der Waals surface area (Å²) in [5.41, 5.74) is 1.24. The second-order valence-corrected chi connectivity index (χ2v) is 3.81. The molecular weight excluding hydrogens is 248 g/mol. The topological polar surface area (TPSA) is 62.0 Å². The molecule has 76 valence electrons. The van der Waals surface area contributed by atoms with Gasteiger partial charge in [0.1, 0.15) is 0 Å². The van der Waals surface area contributed by atoms with E-state index in [1.54, 1.807) is 6.92 Å². The van der Waals surface area contributed by atoms with E-state index in [0.717, 1.165) is 5.69 Å². The largest absolute Gasteiger partial charge is 0.353 e. The predicted molar refractivity (Wildman–Crippen MR) is 57.0 cm³/mol. The molecular formula is C9H11BrN2O2. The summed E-state index contributed by atoms with van der Waals surface area (Å²) in [5.74, 6) is -0.156. The zero-order valence-corrected chi connectivity index (χ0v) is 9.56. The molecule has 0 aliphatic heterocycles. The van der Waals surface area contributed by atoms with Crippen molar-refractivity contribution in [2.45, 2.75) is 20.4 Å². The number of aromatic nitrogens is 1. The minimum Gasteiger partial charge on any atom is -0.353 e. The van der Waals surface area contributed by atoms with Gasteiger partial charge in [-0.2, -0.15) is 0 Å². The van der Waals surface area contributed by atoms with Gasteiger partial charge in [-0.15, -0.1) is 0 Å². The molecule has 1 aromatic heterocycles. The van der Waals surface area contributed by atoms with Gasteiger partial charge < -0.3 is 10.3 Å². The monoisotopic (exact) mass is 258 g/mol. The zero-order chi connectivity index (χ0) is 10.7. The average Bonchev–Trinajstić information content (AvgIpc) is 2.01. The first kappa shape index (κ1) is 11.0. The molecule has 1 rings (SSSR count). The Labute approximate surface area is 89.9 Å². The van der Waals surface area contributed by atoms with Crippen LogP contribution in [0.1, 0.15) is 18.2 Å². The molecule has 4 nitrogen and oxygen atoms in total. The summed E-state index contributed by atoms with van der Waals surface area (Å²) in [6.07, 6.45) is 0. The Morgan fingerprint density at radius 3 is 2.79 bits per heavy atom. The summed E-state index contributed by atoms with van der Waals surface area (Å²) in [7, 11) is 0. The van der Waals surface area contributed by atoms with Crippen LogP contribution in [0.25, 0.3) is 0 Å². The molecule has 2 N–H and O–H groups in total. The molecule has 0 aliphatic rings. The van der Waals surface area contributed by atoms with Crippen molar-refractivity contribution in [1.82, 2.24) is 10.3 Å². The number of rotatable bonds is 2. The summed E-state index contributed by atoms with van der Waals surface area (Å²) in [4.78, 5) is 25.1. The smallest absolute Gasteiger partial charge is 0.217 e. The normalized spacial score (nSPS) is 9.93. The van der Waals surface area contributed by atoms with Crippen molar-refractivity contribution < 1.29 is 4.79 Å². The Hall–Kier alpha value is -1.10. The fraction of sp³-hybridized carbons (Fsp3) is 0.333. The van der Waals surface area contributed by atoms with E-state index >= 15 is 0 Å². The van der Waals surface area contributed by atoms with Crippen LogP contribution in [0.15, 0.2) is 15.5 Å². The molecule has 0 unspecified atom stereocenters. The van der Waals surface area contributed by atoms with Gasteiger partial charge in [0.2, 0.25) is 5.91 Å². The van der Waals surface area contributed by atoms with Crippen molar-refractivity contribution in [2.24, 2.45) is 0 Å². The summed E-state index contributed by atoms with van der Waals surface area (Å²) >= 11 is 3.24. The van der Waals surface area contributed by atoms with Gasteiger partial charge in [-0.05, 0) is 22.9 Å². The Morgan fingerprint density at radius 1 is 1.64 bits per heavy atom. The van der Waals surface area contributed by atoms with E-state index in [2.05, 4.69) is 26.2 Å². The second kappa shape index (κ2) is 4.41. The van der Waals surface area contributed by atoms with E-state index in [9.17, 15) is 9.59 Å². The third kappa shape index (κ3) is 2.70. The molecule has 1 amide bonds. The minimum atomic E-state index is -0.156.